The van der Waals surface area contributed by atoms with E-state index in [9.17, 15) is 9.59 Å². The highest BCUT2D eigenvalue weighted by atomic mass is 79.9. The lowest BCUT2D eigenvalue weighted by Gasteiger charge is -2.46. The van der Waals surface area contributed by atoms with E-state index in [-0.39, 0.29) is 17.7 Å². The Hall–Kier alpha value is -0.880. The molecule has 1 aromatic heterocycles. The van der Waals surface area contributed by atoms with Crippen molar-refractivity contribution in [2.24, 2.45) is 5.92 Å². The van der Waals surface area contributed by atoms with Crippen LogP contribution in [-0.2, 0) is 16.1 Å². The molecule has 0 saturated carbocycles. The van der Waals surface area contributed by atoms with Crippen LogP contribution in [0.4, 0.5) is 0 Å². The third-order valence-corrected chi connectivity index (χ3v) is 5.88. The Morgan fingerprint density at radius 2 is 2.14 bits per heavy atom. The monoisotopic (exact) mass is 372 g/mol. The molecule has 0 bridgehead atoms. The molecular formula is C15H21BrN2O2S. The Labute approximate surface area is 138 Å². The minimum Gasteiger partial charge on any atom is -0.342 e. The van der Waals surface area contributed by atoms with E-state index in [4.69, 9.17) is 0 Å². The van der Waals surface area contributed by atoms with E-state index in [1.54, 1.807) is 16.2 Å². The van der Waals surface area contributed by atoms with Crippen molar-refractivity contribution >= 4 is 39.1 Å². The van der Waals surface area contributed by atoms with Gasteiger partial charge in [0.05, 0.1) is 6.54 Å². The molecular weight excluding hydrogens is 352 g/mol. The van der Waals surface area contributed by atoms with Crippen LogP contribution in [0.25, 0.3) is 0 Å². The van der Waals surface area contributed by atoms with Crippen LogP contribution in [0, 0.1) is 5.92 Å². The van der Waals surface area contributed by atoms with Gasteiger partial charge in [-0.05, 0) is 41.3 Å². The van der Waals surface area contributed by atoms with Gasteiger partial charge in [-0.15, -0.1) is 11.3 Å². The Bertz CT molecular complexity index is 558. The van der Waals surface area contributed by atoms with Crippen molar-refractivity contribution in [3.8, 4) is 0 Å². The summed E-state index contributed by atoms with van der Waals surface area (Å²) in [4.78, 5) is 28.1. The van der Waals surface area contributed by atoms with E-state index >= 15 is 0 Å². The van der Waals surface area contributed by atoms with Gasteiger partial charge in [-0.25, -0.2) is 0 Å². The molecule has 0 spiro atoms. The van der Waals surface area contributed by atoms with Gasteiger partial charge >= 0.3 is 0 Å². The van der Waals surface area contributed by atoms with Gasteiger partial charge in [-0.3, -0.25) is 9.59 Å². The molecule has 1 aromatic rings. The van der Waals surface area contributed by atoms with Crippen molar-refractivity contribution in [3.63, 3.8) is 0 Å². The van der Waals surface area contributed by atoms with E-state index in [0.29, 0.717) is 13.0 Å². The molecule has 1 fully saturated rings. The van der Waals surface area contributed by atoms with Gasteiger partial charge in [0.25, 0.3) is 0 Å². The number of hydrogen-bond acceptors (Lipinski definition) is 3. The lowest BCUT2D eigenvalue weighted by molar-refractivity contribution is -0.158. The fourth-order valence-corrected chi connectivity index (χ4v) is 3.98. The third-order valence-electron chi connectivity index (χ3n) is 4.19. The zero-order valence-corrected chi connectivity index (χ0v) is 15.2. The molecule has 2 atom stereocenters. The second-order valence-electron chi connectivity index (χ2n) is 5.98. The molecule has 1 N–H and O–H groups in total. The zero-order valence-electron chi connectivity index (χ0n) is 12.8. The summed E-state index contributed by atoms with van der Waals surface area (Å²) in [5.41, 5.74) is -0.779. The predicted octanol–water partition coefficient (Wildman–Crippen LogP) is 3.16. The van der Waals surface area contributed by atoms with Gasteiger partial charge in [0.2, 0.25) is 11.8 Å². The summed E-state index contributed by atoms with van der Waals surface area (Å²) in [6.45, 7) is 8.18. The van der Waals surface area contributed by atoms with Crippen molar-refractivity contribution in [1.82, 2.24) is 10.2 Å². The van der Waals surface area contributed by atoms with E-state index in [2.05, 4.69) is 21.2 Å². The van der Waals surface area contributed by atoms with Crippen molar-refractivity contribution in [1.29, 1.82) is 0 Å². The first-order valence-electron chi connectivity index (χ1n) is 7.15. The number of carbonyl (C=O) groups is 2. The van der Waals surface area contributed by atoms with E-state index in [1.165, 1.54) is 0 Å². The average molecular weight is 373 g/mol. The second kappa shape index (κ2) is 6.08. The number of hydrogen-bond donors (Lipinski definition) is 1. The molecule has 0 aliphatic carbocycles. The molecule has 2 heterocycles. The summed E-state index contributed by atoms with van der Waals surface area (Å²) in [7, 11) is 0. The maximum atomic E-state index is 12.8. The van der Waals surface area contributed by atoms with Crippen LogP contribution >= 0.6 is 27.3 Å². The maximum absolute atomic E-state index is 12.8. The van der Waals surface area contributed by atoms with Crippen molar-refractivity contribution in [3.05, 3.63) is 20.8 Å². The van der Waals surface area contributed by atoms with E-state index in [1.807, 2.05) is 39.1 Å². The summed E-state index contributed by atoms with van der Waals surface area (Å²) < 4.78 is 1.01. The lowest BCUT2D eigenvalue weighted by atomic mass is 9.87. The van der Waals surface area contributed by atoms with Crippen LogP contribution < -0.4 is 5.32 Å². The summed E-state index contributed by atoms with van der Waals surface area (Å²) >= 11 is 5.03. The molecule has 0 aromatic carbocycles. The summed E-state index contributed by atoms with van der Waals surface area (Å²) in [6, 6.07) is 1.57. The van der Waals surface area contributed by atoms with Gasteiger partial charge in [0.15, 0.2) is 0 Å². The van der Waals surface area contributed by atoms with Gasteiger partial charge in [-0.1, -0.05) is 20.8 Å². The second-order valence-corrected chi connectivity index (χ2v) is 7.89. The molecule has 2 rings (SSSR count). The number of carbonyl (C=O) groups excluding carboxylic acids is 2. The minimum absolute atomic E-state index is 0.0125. The van der Waals surface area contributed by atoms with Crippen molar-refractivity contribution < 1.29 is 9.59 Å². The normalized spacial score (nSPS) is 26.4. The van der Waals surface area contributed by atoms with Crippen LogP contribution in [0.1, 0.15) is 39.0 Å². The topological polar surface area (TPSA) is 49.4 Å². The van der Waals surface area contributed by atoms with Gasteiger partial charge in [0.1, 0.15) is 11.6 Å². The summed E-state index contributed by atoms with van der Waals surface area (Å²) in [5.74, 6) is 0.0397. The smallest absolute Gasteiger partial charge is 0.246 e. The highest BCUT2D eigenvalue weighted by molar-refractivity contribution is 9.10. The molecule has 2 unspecified atom stereocenters. The highest BCUT2D eigenvalue weighted by Gasteiger charge is 2.48. The highest BCUT2D eigenvalue weighted by Crippen LogP contribution is 2.31. The van der Waals surface area contributed by atoms with Crippen LogP contribution in [0.5, 0.6) is 0 Å². The summed E-state index contributed by atoms with van der Waals surface area (Å²) in [6.07, 6.45) is 0.599. The van der Waals surface area contributed by atoms with Crippen molar-refractivity contribution in [2.45, 2.75) is 52.2 Å². The SMILES string of the molecule is CCC1(C)C(=O)NC(C(C)C)C(=O)N1Cc1cc(Br)cs1. The molecule has 0 radical (unpaired) electrons. The fourth-order valence-electron chi connectivity index (χ4n) is 2.54. The third kappa shape index (κ3) is 3.01. The van der Waals surface area contributed by atoms with Gasteiger partial charge < -0.3 is 10.2 Å². The largest absolute Gasteiger partial charge is 0.342 e. The first kappa shape index (κ1) is 16.5. The number of halogens is 1. The quantitative estimate of drug-likeness (QED) is 0.882. The Kier molecular flexibility index (Phi) is 4.78. The Balaban J connectivity index is 2.34. The molecule has 116 valence electrons. The number of nitrogens with one attached hydrogen (secondary N) is 1. The molecule has 1 saturated heterocycles. The molecule has 1 aliphatic heterocycles. The maximum Gasteiger partial charge on any atom is 0.246 e. The van der Waals surface area contributed by atoms with Crippen LogP contribution in [0.3, 0.4) is 0 Å². The lowest BCUT2D eigenvalue weighted by Crippen LogP contribution is -2.69. The van der Waals surface area contributed by atoms with E-state index < -0.39 is 11.6 Å². The van der Waals surface area contributed by atoms with E-state index in [0.717, 1.165) is 9.35 Å². The summed E-state index contributed by atoms with van der Waals surface area (Å²) in [5, 5.41) is 4.89. The average Bonchev–Trinajstić information content (AvgIpc) is 2.84. The molecule has 2 amide bonds. The minimum atomic E-state index is -0.779. The predicted molar refractivity (Wildman–Crippen MR) is 88.0 cm³/mol. The molecule has 6 heteroatoms. The Morgan fingerprint density at radius 3 is 2.62 bits per heavy atom. The first-order valence-corrected chi connectivity index (χ1v) is 8.82. The number of thiophene rings is 1. The molecule has 1 aliphatic rings. The van der Waals surface area contributed by atoms with Gasteiger partial charge in [-0.2, -0.15) is 0 Å². The fraction of sp³-hybridized carbons (Fsp3) is 0.600. The first-order chi connectivity index (χ1) is 9.79. The number of amides is 2. The molecule has 4 nitrogen and oxygen atoms in total. The van der Waals surface area contributed by atoms with Gasteiger partial charge in [0, 0.05) is 14.7 Å². The number of nitrogens with zero attached hydrogens (tertiary/aromatic N) is 1. The standard InChI is InChI=1S/C15H21BrN2O2S/c1-5-15(4)14(20)17-12(9(2)3)13(19)18(15)7-11-6-10(16)8-21-11/h6,8-9,12H,5,7H2,1-4H3,(H,17,20). The van der Waals surface area contributed by atoms with Crippen LogP contribution in [0.2, 0.25) is 0 Å². The Morgan fingerprint density at radius 1 is 1.48 bits per heavy atom. The number of rotatable bonds is 4. The van der Waals surface area contributed by atoms with Crippen molar-refractivity contribution in [2.75, 3.05) is 0 Å². The van der Waals surface area contributed by atoms with Crippen LogP contribution in [0.15, 0.2) is 15.9 Å². The molecule has 21 heavy (non-hydrogen) atoms. The number of piperazine rings is 1. The zero-order chi connectivity index (χ0) is 15.8. The van der Waals surface area contributed by atoms with Crippen LogP contribution in [-0.4, -0.2) is 28.3 Å².